The Morgan fingerprint density at radius 2 is 2.00 bits per heavy atom. The molecule has 0 radical (unpaired) electrons. The SMILES string of the molecule is CCN=C1NC(=O)C(C)(Cc2ccc(Cl)cc2)N1. The lowest BCUT2D eigenvalue weighted by molar-refractivity contribution is -0.123. The first-order valence-corrected chi connectivity index (χ1v) is 6.30. The molecule has 1 heterocycles. The van der Waals surface area contributed by atoms with Crippen molar-refractivity contribution in [2.45, 2.75) is 25.8 Å². The molecule has 0 bridgehead atoms. The van der Waals surface area contributed by atoms with Crippen LogP contribution in [0.5, 0.6) is 0 Å². The molecule has 1 unspecified atom stereocenters. The van der Waals surface area contributed by atoms with E-state index >= 15 is 0 Å². The number of rotatable bonds is 3. The molecule has 1 saturated heterocycles. The number of aliphatic imine (C=N–C) groups is 1. The molecule has 2 rings (SSSR count). The van der Waals surface area contributed by atoms with Gasteiger partial charge >= 0.3 is 0 Å². The standard InChI is InChI=1S/C13H16ClN3O/c1-3-15-12-16-11(18)13(2,17-12)8-9-4-6-10(14)7-5-9/h4-7H,3,8H2,1-2H3,(H2,15,16,17,18). The molecule has 1 fully saturated rings. The van der Waals surface area contributed by atoms with Crippen LogP contribution in [0, 0.1) is 0 Å². The van der Waals surface area contributed by atoms with Crippen molar-refractivity contribution >= 4 is 23.5 Å². The molecule has 0 aromatic heterocycles. The highest BCUT2D eigenvalue weighted by molar-refractivity contribution is 6.30. The number of hydrogen-bond donors (Lipinski definition) is 2. The molecule has 1 aliphatic rings. The molecular weight excluding hydrogens is 250 g/mol. The zero-order chi connectivity index (χ0) is 13.2. The predicted molar refractivity (Wildman–Crippen MR) is 72.8 cm³/mol. The Kier molecular flexibility index (Phi) is 3.57. The van der Waals surface area contributed by atoms with E-state index in [9.17, 15) is 4.79 Å². The van der Waals surface area contributed by atoms with Crippen molar-refractivity contribution in [1.82, 2.24) is 10.6 Å². The van der Waals surface area contributed by atoms with Gasteiger partial charge in [0.25, 0.3) is 5.91 Å². The summed E-state index contributed by atoms with van der Waals surface area (Å²) in [5, 5.41) is 6.58. The van der Waals surface area contributed by atoms with Crippen LogP contribution in [-0.2, 0) is 11.2 Å². The lowest BCUT2D eigenvalue weighted by Crippen LogP contribution is -2.45. The summed E-state index contributed by atoms with van der Waals surface area (Å²) in [7, 11) is 0. The van der Waals surface area contributed by atoms with Gasteiger partial charge in [-0.2, -0.15) is 0 Å². The van der Waals surface area contributed by atoms with Crippen molar-refractivity contribution in [2.75, 3.05) is 6.54 Å². The van der Waals surface area contributed by atoms with Crippen molar-refractivity contribution in [3.8, 4) is 0 Å². The molecule has 96 valence electrons. The van der Waals surface area contributed by atoms with E-state index in [0.717, 1.165) is 5.56 Å². The van der Waals surface area contributed by atoms with Gasteiger partial charge in [0.05, 0.1) is 0 Å². The van der Waals surface area contributed by atoms with Crippen LogP contribution >= 0.6 is 11.6 Å². The number of nitrogens with one attached hydrogen (secondary N) is 2. The highest BCUT2D eigenvalue weighted by Crippen LogP contribution is 2.18. The third-order valence-electron chi connectivity index (χ3n) is 2.91. The molecule has 1 amide bonds. The third kappa shape index (κ3) is 2.64. The first-order valence-electron chi connectivity index (χ1n) is 5.92. The van der Waals surface area contributed by atoms with Crippen LogP contribution in [0.1, 0.15) is 19.4 Å². The molecule has 5 heteroatoms. The first-order chi connectivity index (χ1) is 8.53. The molecule has 2 N–H and O–H groups in total. The second kappa shape index (κ2) is 4.98. The van der Waals surface area contributed by atoms with Crippen LogP contribution in [0.2, 0.25) is 5.02 Å². The van der Waals surface area contributed by atoms with Crippen LogP contribution in [0.4, 0.5) is 0 Å². The Morgan fingerprint density at radius 1 is 1.33 bits per heavy atom. The Hall–Kier alpha value is -1.55. The fraction of sp³-hybridized carbons (Fsp3) is 0.385. The van der Waals surface area contributed by atoms with Crippen LogP contribution < -0.4 is 10.6 Å². The van der Waals surface area contributed by atoms with Crippen molar-refractivity contribution in [2.24, 2.45) is 4.99 Å². The van der Waals surface area contributed by atoms with Gasteiger partial charge in [-0.15, -0.1) is 0 Å². The number of halogens is 1. The predicted octanol–water partition coefficient (Wildman–Crippen LogP) is 1.74. The van der Waals surface area contributed by atoms with E-state index in [1.54, 1.807) is 0 Å². The second-order valence-electron chi connectivity index (χ2n) is 4.54. The number of carbonyl (C=O) groups is 1. The van der Waals surface area contributed by atoms with Gasteiger partial charge in [0.2, 0.25) is 0 Å². The molecule has 1 aromatic rings. The Morgan fingerprint density at radius 3 is 2.61 bits per heavy atom. The molecular formula is C13H16ClN3O. The highest BCUT2D eigenvalue weighted by atomic mass is 35.5. The smallest absolute Gasteiger partial charge is 0.252 e. The monoisotopic (exact) mass is 265 g/mol. The minimum absolute atomic E-state index is 0.0512. The number of benzene rings is 1. The molecule has 1 aromatic carbocycles. The molecule has 1 aliphatic heterocycles. The van der Waals surface area contributed by atoms with E-state index in [1.807, 2.05) is 38.1 Å². The fourth-order valence-corrected chi connectivity index (χ4v) is 2.09. The lowest BCUT2D eigenvalue weighted by Gasteiger charge is -2.21. The zero-order valence-electron chi connectivity index (χ0n) is 10.5. The maximum Gasteiger partial charge on any atom is 0.252 e. The average Bonchev–Trinajstić information content (AvgIpc) is 2.58. The Labute approximate surface area is 111 Å². The number of carbonyl (C=O) groups excluding carboxylic acids is 1. The van der Waals surface area contributed by atoms with Gasteiger partial charge in [-0.1, -0.05) is 23.7 Å². The van der Waals surface area contributed by atoms with Crippen LogP contribution in [0.15, 0.2) is 29.3 Å². The maximum atomic E-state index is 12.0. The number of guanidine groups is 1. The van der Waals surface area contributed by atoms with Gasteiger partial charge < -0.3 is 5.32 Å². The summed E-state index contributed by atoms with van der Waals surface area (Å²) in [6, 6.07) is 7.51. The normalized spacial score (nSPS) is 25.1. The first kappa shape index (κ1) is 12.9. The number of nitrogens with zero attached hydrogens (tertiary/aromatic N) is 1. The molecule has 0 aliphatic carbocycles. The fourth-order valence-electron chi connectivity index (χ4n) is 1.97. The van der Waals surface area contributed by atoms with Crippen molar-refractivity contribution in [3.63, 3.8) is 0 Å². The maximum absolute atomic E-state index is 12.0. The summed E-state index contributed by atoms with van der Waals surface area (Å²) in [6.45, 7) is 4.43. The van der Waals surface area contributed by atoms with E-state index in [2.05, 4.69) is 15.6 Å². The number of amides is 1. The summed E-state index contributed by atoms with van der Waals surface area (Å²) >= 11 is 5.84. The van der Waals surface area contributed by atoms with Crippen molar-refractivity contribution < 1.29 is 4.79 Å². The van der Waals surface area contributed by atoms with E-state index in [0.29, 0.717) is 23.9 Å². The molecule has 0 spiro atoms. The van der Waals surface area contributed by atoms with E-state index in [4.69, 9.17) is 11.6 Å². The van der Waals surface area contributed by atoms with Crippen molar-refractivity contribution in [1.29, 1.82) is 0 Å². The van der Waals surface area contributed by atoms with E-state index in [-0.39, 0.29) is 5.91 Å². The quantitative estimate of drug-likeness (QED) is 0.875. The van der Waals surface area contributed by atoms with Crippen LogP contribution in [0.25, 0.3) is 0 Å². The minimum Gasteiger partial charge on any atom is -0.342 e. The molecule has 1 atom stereocenters. The highest BCUT2D eigenvalue weighted by Gasteiger charge is 2.40. The van der Waals surface area contributed by atoms with Crippen LogP contribution in [0.3, 0.4) is 0 Å². The summed E-state index contributed by atoms with van der Waals surface area (Å²) in [5.74, 6) is 0.503. The Balaban J connectivity index is 2.15. The third-order valence-corrected chi connectivity index (χ3v) is 3.17. The minimum atomic E-state index is -0.651. The van der Waals surface area contributed by atoms with Crippen LogP contribution in [-0.4, -0.2) is 24.0 Å². The summed E-state index contributed by atoms with van der Waals surface area (Å²) < 4.78 is 0. The molecule has 0 saturated carbocycles. The molecule has 18 heavy (non-hydrogen) atoms. The van der Waals surface area contributed by atoms with Gasteiger partial charge in [0.1, 0.15) is 5.54 Å². The van der Waals surface area contributed by atoms with E-state index < -0.39 is 5.54 Å². The zero-order valence-corrected chi connectivity index (χ0v) is 11.2. The summed E-state index contributed by atoms with van der Waals surface area (Å²) in [4.78, 5) is 16.1. The largest absolute Gasteiger partial charge is 0.342 e. The van der Waals surface area contributed by atoms with E-state index in [1.165, 1.54) is 0 Å². The van der Waals surface area contributed by atoms with Gasteiger partial charge in [-0.25, -0.2) is 0 Å². The topological polar surface area (TPSA) is 53.5 Å². The second-order valence-corrected chi connectivity index (χ2v) is 4.97. The lowest BCUT2D eigenvalue weighted by atomic mass is 9.93. The summed E-state index contributed by atoms with van der Waals surface area (Å²) in [5.41, 5.74) is 0.407. The van der Waals surface area contributed by atoms with Crippen molar-refractivity contribution in [3.05, 3.63) is 34.9 Å². The van der Waals surface area contributed by atoms with Gasteiger partial charge in [-0.05, 0) is 31.5 Å². The average molecular weight is 266 g/mol. The van der Waals surface area contributed by atoms with Gasteiger partial charge in [0, 0.05) is 18.0 Å². The Bertz CT molecular complexity index is 484. The van der Waals surface area contributed by atoms with Gasteiger partial charge in [0.15, 0.2) is 5.96 Å². The summed E-state index contributed by atoms with van der Waals surface area (Å²) in [6.07, 6.45) is 0.596. The van der Waals surface area contributed by atoms with Gasteiger partial charge in [-0.3, -0.25) is 15.1 Å². The molecule has 4 nitrogen and oxygen atoms in total. The number of hydrogen-bond acceptors (Lipinski definition) is 2.